The van der Waals surface area contributed by atoms with Gasteiger partial charge in [-0.1, -0.05) is 0 Å². The normalized spacial score (nSPS) is 10.5. The van der Waals surface area contributed by atoms with Crippen molar-refractivity contribution in [3.8, 4) is 22.8 Å². The molecule has 0 spiro atoms. The number of rotatable bonds is 5. The summed E-state index contributed by atoms with van der Waals surface area (Å²) in [6, 6.07) is 11.4. The third-order valence-electron chi connectivity index (χ3n) is 3.92. The van der Waals surface area contributed by atoms with Gasteiger partial charge in [0, 0.05) is 17.3 Å². The van der Waals surface area contributed by atoms with Crippen LogP contribution in [0.15, 0.2) is 42.5 Å². The van der Waals surface area contributed by atoms with E-state index in [1.807, 2.05) is 0 Å². The van der Waals surface area contributed by atoms with Crippen molar-refractivity contribution in [1.29, 1.82) is 0 Å². The summed E-state index contributed by atoms with van der Waals surface area (Å²) >= 11 is 0. The Bertz CT molecular complexity index is 953. The Hall–Kier alpha value is -3.35. The third kappa shape index (κ3) is 3.51. The van der Waals surface area contributed by atoms with Crippen LogP contribution in [0.1, 0.15) is 16.1 Å². The molecule has 134 valence electrons. The summed E-state index contributed by atoms with van der Waals surface area (Å²) in [4.78, 5) is 12.4. The highest BCUT2D eigenvalue weighted by Gasteiger charge is 2.13. The van der Waals surface area contributed by atoms with Gasteiger partial charge in [-0.15, -0.1) is 0 Å². The molecule has 0 unspecified atom stereocenters. The molecule has 0 aliphatic heterocycles. The predicted molar refractivity (Wildman–Crippen MR) is 96.2 cm³/mol. The van der Waals surface area contributed by atoms with Crippen LogP contribution in [0.4, 0.5) is 10.1 Å². The Kier molecular flexibility index (Phi) is 4.88. The van der Waals surface area contributed by atoms with Crippen LogP contribution in [-0.2, 0) is 0 Å². The first-order valence-corrected chi connectivity index (χ1v) is 7.87. The van der Waals surface area contributed by atoms with Crippen molar-refractivity contribution >= 4 is 11.6 Å². The molecule has 1 aromatic heterocycles. The second-order valence-corrected chi connectivity index (χ2v) is 5.65. The molecule has 6 nitrogen and oxygen atoms in total. The predicted octanol–water partition coefficient (Wildman–Crippen LogP) is 3.79. The second-order valence-electron chi connectivity index (χ2n) is 5.65. The molecule has 1 amide bonds. The van der Waals surface area contributed by atoms with E-state index in [0.29, 0.717) is 28.4 Å². The van der Waals surface area contributed by atoms with Gasteiger partial charge in [0.15, 0.2) is 11.5 Å². The molecular weight excluding hydrogens is 337 g/mol. The number of hydrogen-bond acceptors (Lipinski definition) is 4. The maximum Gasteiger partial charge on any atom is 0.273 e. The van der Waals surface area contributed by atoms with E-state index in [9.17, 15) is 9.18 Å². The second kappa shape index (κ2) is 7.26. The molecule has 0 radical (unpaired) electrons. The minimum Gasteiger partial charge on any atom is -0.493 e. The number of H-pyrrole nitrogens is 1. The number of halogens is 1. The molecule has 0 fully saturated rings. The first kappa shape index (κ1) is 17.5. The summed E-state index contributed by atoms with van der Waals surface area (Å²) in [7, 11) is 3.06. The number of anilines is 1. The lowest BCUT2D eigenvalue weighted by Crippen LogP contribution is -2.12. The monoisotopic (exact) mass is 355 g/mol. The molecule has 2 aromatic carbocycles. The number of carbonyl (C=O) groups excluding carboxylic acids is 1. The number of carbonyl (C=O) groups is 1. The summed E-state index contributed by atoms with van der Waals surface area (Å²) in [5.41, 5.74) is 2.65. The number of ether oxygens (including phenoxy) is 2. The zero-order chi connectivity index (χ0) is 18.7. The average Bonchev–Trinajstić information content (AvgIpc) is 3.14. The largest absolute Gasteiger partial charge is 0.493 e. The van der Waals surface area contributed by atoms with Crippen LogP contribution in [0.3, 0.4) is 0 Å². The lowest BCUT2D eigenvalue weighted by molar-refractivity contribution is 0.102. The van der Waals surface area contributed by atoms with E-state index in [4.69, 9.17) is 9.47 Å². The highest BCUT2D eigenvalue weighted by atomic mass is 19.1. The molecular formula is C19H18FN3O3. The van der Waals surface area contributed by atoms with E-state index in [2.05, 4.69) is 15.5 Å². The molecule has 0 saturated heterocycles. The average molecular weight is 355 g/mol. The van der Waals surface area contributed by atoms with E-state index >= 15 is 0 Å². The smallest absolute Gasteiger partial charge is 0.273 e. The van der Waals surface area contributed by atoms with Crippen molar-refractivity contribution in [2.24, 2.45) is 0 Å². The number of amides is 1. The number of nitrogens with one attached hydrogen (secondary N) is 2. The van der Waals surface area contributed by atoms with Gasteiger partial charge in [0.05, 0.1) is 19.9 Å². The van der Waals surface area contributed by atoms with E-state index in [0.717, 1.165) is 5.56 Å². The van der Waals surface area contributed by atoms with E-state index < -0.39 is 0 Å². The fourth-order valence-corrected chi connectivity index (χ4v) is 2.50. The van der Waals surface area contributed by atoms with Crippen LogP contribution in [0.25, 0.3) is 11.3 Å². The standard InChI is InChI=1S/C19H18FN3O3/c1-11-8-12(4-6-14(11)20)15-10-16(23-22-15)19(24)21-13-5-7-17(25-2)18(9-13)26-3/h4-10H,1-3H3,(H,21,24)(H,22,23). The molecule has 0 saturated carbocycles. The minimum atomic E-state index is -0.352. The van der Waals surface area contributed by atoms with Gasteiger partial charge in [-0.3, -0.25) is 9.89 Å². The Labute approximate surface area is 150 Å². The molecule has 26 heavy (non-hydrogen) atoms. The molecule has 1 heterocycles. The van der Waals surface area contributed by atoms with Gasteiger partial charge in [-0.2, -0.15) is 5.10 Å². The maximum absolute atomic E-state index is 13.4. The van der Waals surface area contributed by atoms with Gasteiger partial charge in [-0.05, 0) is 48.9 Å². The number of methoxy groups -OCH3 is 2. The fraction of sp³-hybridized carbons (Fsp3) is 0.158. The van der Waals surface area contributed by atoms with Crippen LogP contribution in [0, 0.1) is 12.7 Å². The van der Waals surface area contributed by atoms with Crippen molar-refractivity contribution in [2.75, 3.05) is 19.5 Å². The Morgan fingerprint density at radius 1 is 1.08 bits per heavy atom. The number of aryl methyl sites for hydroxylation is 1. The number of aromatic amines is 1. The summed E-state index contributed by atoms with van der Waals surface area (Å²) in [5.74, 6) is 0.448. The first-order chi connectivity index (χ1) is 12.5. The first-order valence-electron chi connectivity index (χ1n) is 7.87. The lowest BCUT2D eigenvalue weighted by Gasteiger charge is -2.10. The van der Waals surface area contributed by atoms with Crippen LogP contribution in [-0.4, -0.2) is 30.3 Å². The molecule has 0 atom stereocenters. The van der Waals surface area contributed by atoms with Gasteiger partial charge < -0.3 is 14.8 Å². The quantitative estimate of drug-likeness (QED) is 0.730. The Morgan fingerprint density at radius 3 is 2.54 bits per heavy atom. The van der Waals surface area contributed by atoms with Crippen molar-refractivity contribution in [2.45, 2.75) is 6.92 Å². The van der Waals surface area contributed by atoms with Gasteiger partial charge in [0.1, 0.15) is 11.5 Å². The van der Waals surface area contributed by atoms with Gasteiger partial charge in [0.25, 0.3) is 5.91 Å². The van der Waals surface area contributed by atoms with Gasteiger partial charge in [-0.25, -0.2) is 4.39 Å². The molecule has 7 heteroatoms. The fourth-order valence-electron chi connectivity index (χ4n) is 2.50. The molecule has 2 N–H and O–H groups in total. The Balaban J connectivity index is 1.79. The van der Waals surface area contributed by atoms with Crippen LogP contribution >= 0.6 is 0 Å². The maximum atomic E-state index is 13.4. The molecule has 0 bridgehead atoms. The topological polar surface area (TPSA) is 76.2 Å². The van der Waals surface area contributed by atoms with Crippen LogP contribution in [0.5, 0.6) is 11.5 Å². The van der Waals surface area contributed by atoms with Crippen molar-refractivity contribution in [1.82, 2.24) is 10.2 Å². The highest BCUT2D eigenvalue weighted by Crippen LogP contribution is 2.30. The van der Waals surface area contributed by atoms with Gasteiger partial charge >= 0.3 is 0 Å². The molecule has 3 rings (SSSR count). The van der Waals surface area contributed by atoms with Crippen LogP contribution < -0.4 is 14.8 Å². The minimum absolute atomic E-state index is 0.282. The number of hydrogen-bond donors (Lipinski definition) is 2. The zero-order valence-electron chi connectivity index (χ0n) is 14.6. The number of aromatic nitrogens is 2. The van der Waals surface area contributed by atoms with Crippen LogP contribution in [0.2, 0.25) is 0 Å². The van der Waals surface area contributed by atoms with Gasteiger partial charge in [0.2, 0.25) is 0 Å². The highest BCUT2D eigenvalue weighted by molar-refractivity contribution is 6.03. The zero-order valence-corrected chi connectivity index (χ0v) is 14.6. The SMILES string of the molecule is COc1ccc(NC(=O)c2cc(-c3ccc(F)c(C)c3)n[nH]2)cc1OC. The van der Waals surface area contributed by atoms with E-state index in [1.54, 1.807) is 50.4 Å². The lowest BCUT2D eigenvalue weighted by atomic mass is 10.1. The summed E-state index contributed by atoms with van der Waals surface area (Å²) < 4.78 is 23.8. The number of benzene rings is 2. The summed E-state index contributed by atoms with van der Waals surface area (Å²) in [5, 5.41) is 9.59. The summed E-state index contributed by atoms with van der Waals surface area (Å²) in [6.45, 7) is 1.68. The van der Waals surface area contributed by atoms with E-state index in [1.165, 1.54) is 13.2 Å². The van der Waals surface area contributed by atoms with Crippen molar-refractivity contribution in [3.05, 3.63) is 59.5 Å². The van der Waals surface area contributed by atoms with Crippen molar-refractivity contribution in [3.63, 3.8) is 0 Å². The molecule has 3 aromatic rings. The molecule has 0 aliphatic rings. The Morgan fingerprint density at radius 2 is 1.85 bits per heavy atom. The summed E-state index contributed by atoms with van der Waals surface area (Å²) in [6.07, 6.45) is 0. The third-order valence-corrected chi connectivity index (χ3v) is 3.92. The number of nitrogens with zero attached hydrogens (tertiary/aromatic N) is 1. The van der Waals surface area contributed by atoms with Crippen molar-refractivity contribution < 1.29 is 18.7 Å². The van der Waals surface area contributed by atoms with E-state index in [-0.39, 0.29) is 17.4 Å². The molecule has 0 aliphatic carbocycles.